The van der Waals surface area contributed by atoms with E-state index in [-0.39, 0.29) is 4.90 Å². The molecule has 0 heterocycles. The second-order valence-corrected chi connectivity index (χ2v) is 6.41. The zero-order valence-electron chi connectivity index (χ0n) is 12.0. The predicted molar refractivity (Wildman–Crippen MR) is 78.1 cm³/mol. The first-order chi connectivity index (χ1) is 10.3. The Kier molecular flexibility index (Phi) is 4.77. The number of hydrogen-bond donors (Lipinski definition) is 1. The summed E-state index contributed by atoms with van der Waals surface area (Å²) in [7, 11) is -2.30. The van der Waals surface area contributed by atoms with Gasteiger partial charge in [-0.2, -0.15) is 0 Å². The van der Waals surface area contributed by atoms with E-state index in [1.807, 2.05) is 0 Å². The van der Waals surface area contributed by atoms with Crippen LogP contribution in [0.4, 0.5) is 8.78 Å². The van der Waals surface area contributed by atoms with Crippen LogP contribution in [-0.2, 0) is 10.0 Å². The molecular formula is C15H15F2NO3S. The van der Waals surface area contributed by atoms with Gasteiger partial charge in [-0.3, -0.25) is 0 Å². The molecule has 0 saturated heterocycles. The number of benzene rings is 2. The summed E-state index contributed by atoms with van der Waals surface area (Å²) in [4.78, 5) is 0.0581. The molecule has 0 amide bonds. The van der Waals surface area contributed by atoms with Crippen LogP contribution in [0.3, 0.4) is 0 Å². The summed E-state index contributed by atoms with van der Waals surface area (Å²) < 4.78 is 58.0. The molecule has 0 radical (unpaired) electrons. The van der Waals surface area contributed by atoms with Crippen LogP contribution in [0.5, 0.6) is 5.75 Å². The molecule has 0 fully saturated rings. The van der Waals surface area contributed by atoms with Gasteiger partial charge in [0.05, 0.1) is 12.0 Å². The van der Waals surface area contributed by atoms with Crippen LogP contribution in [0.1, 0.15) is 18.5 Å². The van der Waals surface area contributed by atoms with Gasteiger partial charge in [-0.15, -0.1) is 0 Å². The van der Waals surface area contributed by atoms with Gasteiger partial charge in [0.1, 0.15) is 5.75 Å². The molecule has 2 aromatic rings. The van der Waals surface area contributed by atoms with Gasteiger partial charge in [0.25, 0.3) is 0 Å². The Labute approximate surface area is 127 Å². The van der Waals surface area contributed by atoms with Crippen molar-refractivity contribution < 1.29 is 21.9 Å². The number of hydrogen-bond acceptors (Lipinski definition) is 3. The van der Waals surface area contributed by atoms with Crippen molar-refractivity contribution in [3.8, 4) is 5.75 Å². The lowest BCUT2D eigenvalue weighted by Crippen LogP contribution is -2.27. The summed E-state index contributed by atoms with van der Waals surface area (Å²) in [5.74, 6) is -1.46. The highest BCUT2D eigenvalue weighted by molar-refractivity contribution is 7.89. The maximum absolute atomic E-state index is 13.2. The standard InChI is InChI=1S/C15H15F2NO3S/c1-10(11-3-8-14(16)15(17)9-11)18-22(19,20)13-6-4-12(21-2)5-7-13/h3-10,18H,1-2H3. The molecular weight excluding hydrogens is 312 g/mol. The Bertz CT molecular complexity index is 761. The van der Waals surface area contributed by atoms with Gasteiger partial charge in [-0.05, 0) is 48.9 Å². The van der Waals surface area contributed by atoms with Crippen molar-refractivity contribution in [3.05, 3.63) is 59.7 Å². The second kappa shape index (κ2) is 6.41. The van der Waals surface area contributed by atoms with Gasteiger partial charge in [-0.25, -0.2) is 21.9 Å². The minimum atomic E-state index is -3.78. The first kappa shape index (κ1) is 16.4. The average molecular weight is 327 g/mol. The molecule has 7 heteroatoms. The molecule has 0 aliphatic carbocycles. The SMILES string of the molecule is COc1ccc(S(=O)(=O)NC(C)c2ccc(F)c(F)c2)cc1. The quantitative estimate of drug-likeness (QED) is 0.918. The van der Waals surface area contributed by atoms with Gasteiger partial charge < -0.3 is 4.74 Å². The summed E-state index contributed by atoms with van der Waals surface area (Å²) in [5.41, 5.74) is 0.330. The largest absolute Gasteiger partial charge is 0.497 e. The Morgan fingerprint density at radius 2 is 1.68 bits per heavy atom. The van der Waals surface area contributed by atoms with Crippen LogP contribution in [0.2, 0.25) is 0 Å². The van der Waals surface area contributed by atoms with Gasteiger partial charge in [0, 0.05) is 6.04 Å². The Balaban J connectivity index is 2.21. The molecule has 1 atom stereocenters. The molecule has 1 unspecified atom stereocenters. The van der Waals surface area contributed by atoms with Gasteiger partial charge in [0.2, 0.25) is 10.0 Å². The van der Waals surface area contributed by atoms with Crippen molar-refractivity contribution in [2.75, 3.05) is 7.11 Å². The maximum Gasteiger partial charge on any atom is 0.241 e. The van der Waals surface area contributed by atoms with Crippen LogP contribution < -0.4 is 9.46 Å². The molecule has 0 aliphatic rings. The van der Waals surface area contributed by atoms with Crippen molar-refractivity contribution >= 4 is 10.0 Å². The Morgan fingerprint density at radius 3 is 2.23 bits per heavy atom. The van der Waals surface area contributed by atoms with E-state index in [0.717, 1.165) is 12.1 Å². The molecule has 0 aromatic heterocycles. The fourth-order valence-corrected chi connectivity index (χ4v) is 3.14. The Hall–Kier alpha value is -1.99. The number of ether oxygens (including phenoxy) is 1. The van der Waals surface area contributed by atoms with Crippen molar-refractivity contribution in [2.45, 2.75) is 17.9 Å². The fraction of sp³-hybridized carbons (Fsp3) is 0.200. The molecule has 0 saturated carbocycles. The summed E-state index contributed by atoms with van der Waals surface area (Å²) in [6.07, 6.45) is 0. The zero-order chi connectivity index (χ0) is 16.3. The number of rotatable bonds is 5. The van der Waals surface area contributed by atoms with E-state index in [4.69, 9.17) is 4.74 Å². The van der Waals surface area contributed by atoms with E-state index in [0.29, 0.717) is 11.3 Å². The van der Waals surface area contributed by atoms with Crippen LogP contribution in [0, 0.1) is 11.6 Å². The topological polar surface area (TPSA) is 55.4 Å². The summed E-state index contributed by atoms with van der Waals surface area (Å²) in [6.45, 7) is 1.55. The monoisotopic (exact) mass is 327 g/mol. The third-order valence-corrected chi connectivity index (χ3v) is 4.70. The smallest absolute Gasteiger partial charge is 0.241 e. The fourth-order valence-electron chi connectivity index (χ4n) is 1.91. The number of methoxy groups -OCH3 is 1. The van der Waals surface area contributed by atoms with E-state index >= 15 is 0 Å². The van der Waals surface area contributed by atoms with Gasteiger partial charge in [-0.1, -0.05) is 6.07 Å². The maximum atomic E-state index is 13.2. The molecule has 1 N–H and O–H groups in total. The van der Waals surface area contributed by atoms with E-state index in [1.165, 1.54) is 37.4 Å². The third kappa shape index (κ3) is 3.61. The molecule has 2 rings (SSSR count). The minimum Gasteiger partial charge on any atom is -0.497 e. The molecule has 4 nitrogen and oxygen atoms in total. The lowest BCUT2D eigenvalue weighted by Gasteiger charge is -2.15. The molecule has 0 aliphatic heterocycles. The van der Waals surface area contributed by atoms with Gasteiger partial charge >= 0.3 is 0 Å². The highest BCUT2D eigenvalue weighted by Crippen LogP contribution is 2.20. The van der Waals surface area contributed by atoms with E-state index < -0.39 is 27.7 Å². The zero-order valence-corrected chi connectivity index (χ0v) is 12.8. The van der Waals surface area contributed by atoms with E-state index in [9.17, 15) is 17.2 Å². The number of sulfonamides is 1. The highest BCUT2D eigenvalue weighted by atomic mass is 32.2. The molecule has 0 bridgehead atoms. The van der Waals surface area contributed by atoms with Crippen molar-refractivity contribution in [3.63, 3.8) is 0 Å². The highest BCUT2D eigenvalue weighted by Gasteiger charge is 2.19. The van der Waals surface area contributed by atoms with Gasteiger partial charge in [0.15, 0.2) is 11.6 Å². The molecule has 2 aromatic carbocycles. The van der Waals surface area contributed by atoms with E-state index in [1.54, 1.807) is 6.92 Å². The summed E-state index contributed by atoms with van der Waals surface area (Å²) in [6, 6.07) is 8.41. The van der Waals surface area contributed by atoms with Crippen molar-refractivity contribution in [2.24, 2.45) is 0 Å². The number of halogens is 2. The average Bonchev–Trinajstić information content (AvgIpc) is 2.49. The van der Waals surface area contributed by atoms with Crippen LogP contribution in [0.15, 0.2) is 47.4 Å². The van der Waals surface area contributed by atoms with E-state index in [2.05, 4.69) is 4.72 Å². The summed E-state index contributed by atoms with van der Waals surface area (Å²) in [5, 5.41) is 0. The van der Waals surface area contributed by atoms with Crippen molar-refractivity contribution in [1.29, 1.82) is 0 Å². The predicted octanol–water partition coefficient (Wildman–Crippen LogP) is 3.01. The lowest BCUT2D eigenvalue weighted by atomic mass is 10.1. The third-order valence-electron chi connectivity index (χ3n) is 3.15. The second-order valence-electron chi connectivity index (χ2n) is 4.69. The first-order valence-electron chi connectivity index (χ1n) is 6.45. The molecule has 0 spiro atoms. The van der Waals surface area contributed by atoms with Crippen molar-refractivity contribution in [1.82, 2.24) is 4.72 Å². The summed E-state index contributed by atoms with van der Waals surface area (Å²) >= 11 is 0. The lowest BCUT2D eigenvalue weighted by molar-refractivity contribution is 0.414. The number of nitrogens with one attached hydrogen (secondary N) is 1. The molecule has 22 heavy (non-hydrogen) atoms. The van der Waals surface area contributed by atoms with Crippen LogP contribution in [-0.4, -0.2) is 15.5 Å². The molecule has 118 valence electrons. The Morgan fingerprint density at radius 1 is 1.05 bits per heavy atom. The first-order valence-corrected chi connectivity index (χ1v) is 7.93. The van der Waals surface area contributed by atoms with Crippen LogP contribution >= 0.6 is 0 Å². The van der Waals surface area contributed by atoms with Crippen LogP contribution in [0.25, 0.3) is 0 Å². The normalized spacial score (nSPS) is 12.9. The minimum absolute atomic E-state index is 0.0581.